The number of sulfone groups is 2. The van der Waals surface area contributed by atoms with Crippen molar-refractivity contribution in [1.82, 2.24) is 19.5 Å². The van der Waals surface area contributed by atoms with E-state index in [1.807, 2.05) is 12.1 Å². The van der Waals surface area contributed by atoms with Crippen LogP contribution in [-0.2, 0) is 62.7 Å². The molecule has 7 heterocycles. The molecule has 0 spiro atoms. The van der Waals surface area contributed by atoms with Gasteiger partial charge in [-0.2, -0.15) is 0 Å². The number of fused-ring (bicyclic) bond motifs is 2. The number of aliphatic imine (C=N–C) groups is 1. The van der Waals surface area contributed by atoms with E-state index in [1.54, 1.807) is 36.4 Å². The van der Waals surface area contributed by atoms with Crippen molar-refractivity contribution in [3.63, 3.8) is 0 Å². The number of nitrogens with zero attached hydrogens (tertiary/aromatic N) is 5. The Balaban J connectivity index is 0.000000172. The number of aromatic nitrogens is 4. The molecule has 0 amide bonds. The molecule has 22 heteroatoms. The lowest BCUT2D eigenvalue weighted by atomic mass is 9.98. The Morgan fingerprint density at radius 3 is 1.70 bits per heavy atom. The first kappa shape index (κ1) is 51.8. The maximum absolute atomic E-state index is 14.3. The van der Waals surface area contributed by atoms with Crippen LogP contribution < -0.4 is 10.6 Å². The van der Waals surface area contributed by atoms with E-state index in [-0.39, 0.29) is 86.9 Å². The summed E-state index contributed by atoms with van der Waals surface area (Å²) in [4.78, 5) is 42.7. The maximum Gasteiger partial charge on any atom is 0.295 e. The van der Waals surface area contributed by atoms with Crippen molar-refractivity contribution >= 4 is 76.6 Å². The largest absolute Gasteiger partial charge is 0.381 e. The minimum absolute atomic E-state index is 0.000989. The van der Waals surface area contributed by atoms with Crippen molar-refractivity contribution in [2.24, 2.45) is 16.8 Å². The fraction of sp³-hybridized carbons (Fsp3) is 0.500. The highest BCUT2D eigenvalue weighted by atomic mass is 32.2. The Bertz CT molecular complexity index is 3250. The number of carbonyl (C=O) groups is 2. The van der Waals surface area contributed by atoms with Gasteiger partial charge in [-0.1, -0.05) is 12.1 Å². The summed E-state index contributed by atoms with van der Waals surface area (Å²) < 4.78 is 124. The van der Waals surface area contributed by atoms with Crippen molar-refractivity contribution in [2.45, 2.75) is 118 Å². The third-order valence-corrected chi connectivity index (χ3v) is 16.5. The first-order valence-corrected chi connectivity index (χ1v) is 28.8. The molecule has 3 atom stereocenters. The topological polar surface area (TPSA) is 210 Å². The molecule has 5 fully saturated rings. The smallest absolute Gasteiger partial charge is 0.295 e. The Kier molecular flexibility index (Phi) is 14.8. The molecule has 3 saturated heterocycles. The minimum Gasteiger partial charge on any atom is -0.381 e. The number of ketones is 2. The molecule has 2 aliphatic carbocycles. The number of rotatable bonds is 17. The summed E-state index contributed by atoms with van der Waals surface area (Å²) in [5, 5.41) is 6.26. The molecular weight excluding hydrogens is 1010 g/mol. The SMILES string of the molecule is CS(=O)(=O)c1cc(C2CCOC2)ccc1Nc1cc(CC(=O)C2CC2)nc2c1N=C(C(F)F)C2.CS(=O)(=O)c1cc(C2CCOC2)ccc1Nc1cc(CC(=O)C2CC2)nc2c1nc(C(F)F)n2C1CCCCO1. The van der Waals surface area contributed by atoms with Crippen molar-refractivity contribution in [2.75, 3.05) is 56.2 Å². The van der Waals surface area contributed by atoms with Crippen LogP contribution in [-0.4, -0.2) is 106 Å². The maximum atomic E-state index is 14.3. The predicted molar refractivity (Wildman–Crippen MR) is 267 cm³/mol. The lowest BCUT2D eigenvalue weighted by molar-refractivity contribution is -0.120. The molecule has 3 unspecified atom stereocenters. The van der Waals surface area contributed by atoms with Crippen LogP contribution in [0.3, 0.4) is 0 Å². The molecule has 2 aromatic carbocycles. The summed E-state index contributed by atoms with van der Waals surface area (Å²) in [6.45, 7) is 2.76. The second-order valence-electron chi connectivity index (χ2n) is 20.1. The average molecular weight is 1060 g/mol. The fourth-order valence-corrected chi connectivity index (χ4v) is 11.7. The Labute approximate surface area is 425 Å². The number of hydrogen-bond donors (Lipinski definition) is 2. The minimum atomic E-state index is -3.66. The summed E-state index contributed by atoms with van der Waals surface area (Å²) in [5.41, 5.74) is 4.55. The van der Waals surface area contributed by atoms with Crippen LogP contribution in [0.4, 0.5) is 46.0 Å². The number of imidazole rings is 1. The number of anilines is 4. The number of halogens is 4. The van der Waals surface area contributed by atoms with Crippen molar-refractivity contribution < 1.29 is 58.2 Å². The number of hydrogen-bond acceptors (Lipinski definition) is 15. The van der Waals surface area contributed by atoms with Crippen LogP contribution in [0.5, 0.6) is 0 Å². The Hall–Kier alpha value is -5.68. The number of carbonyl (C=O) groups excluding carboxylic acids is 2. The number of alkyl halides is 4. The third kappa shape index (κ3) is 11.6. The van der Waals surface area contributed by atoms with Gasteiger partial charge in [0.05, 0.1) is 68.5 Å². The predicted octanol–water partition coefficient (Wildman–Crippen LogP) is 9.39. The van der Waals surface area contributed by atoms with Gasteiger partial charge >= 0.3 is 0 Å². The highest BCUT2D eigenvalue weighted by molar-refractivity contribution is 7.91. The quantitative estimate of drug-likeness (QED) is 0.0832. The number of benzene rings is 2. The van der Waals surface area contributed by atoms with Crippen LogP contribution in [0.1, 0.15) is 116 Å². The van der Waals surface area contributed by atoms with Gasteiger partial charge in [-0.05, 0) is 105 Å². The first-order valence-electron chi connectivity index (χ1n) is 25.0. The second-order valence-corrected chi connectivity index (χ2v) is 24.1. The number of ether oxygens (including phenoxy) is 3. The molecule has 0 radical (unpaired) electrons. The Morgan fingerprint density at radius 1 is 0.662 bits per heavy atom. The van der Waals surface area contributed by atoms with Crippen molar-refractivity contribution in [3.8, 4) is 0 Å². The highest BCUT2D eigenvalue weighted by Gasteiger charge is 2.34. The van der Waals surface area contributed by atoms with Gasteiger partial charge in [0.2, 0.25) is 0 Å². The zero-order valence-corrected chi connectivity index (χ0v) is 42.6. The van der Waals surface area contributed by atoms with Gasteiger partial charge in [0.25, 0.3) is 12.9 Å². The van der Waals surface area contributed by atoms with E-state index in [4.69, 9.17) is 14.2 Å². The van der Waals surface area contributed by atoms with Gasteiger partial charge < -0.3 is 24.8 Å². The molecule has 394 valence electrons. The molecule has 4 aliphatic heterocycles. The second kappa shape index (κ2) is 21.2. The van der Waals surface area contributed by atoms with Crippen LogP contribution in [0, 0.1) is 11.8 Å². The van der Waals surface area contributed by atoms with Crippen molar-refractivity contribution in [3.05, 3.63) is 82.6 Å². The van der Waals surface area contributed by atoms with Gasteiger partial charge in [0.1, 0.15) is 29.0 Å². The molecule has 0 bridgehead atoms. The van der Waals surface area contributed by atoms with Gasteiger partial charge in [0, 0.05) is 75.3 Å². The summed E-state index contributed by atoms with van der Waals surface area (Å²) in [7, 11) is -7.27. The monoisotopic (exact) mass is 1060 g/mol. The zero-order chi connectivity index (χ0) is 52.1. The van der Waals surface area contributed by atoms with Gasteiger partial charge in [0.15, 0.2) is 31.1 Å². The molecular formula is C52H57F4N7O9S2. The van der Waals surface area contributed by atoms with Gasteiger partial charge in [-0.3, -0.25) is 19.1 Å². The van der Waals surface area contributed by atoms with E-state index in [0.29, 0.717) is 79.3 Å². The summed E-state index contributed by atoms with van der Waals surface area (Å²) in [5.74, 6) is -0.0782. The molecule has 2 saturated carbocycles. The van der Waals surface area contributed by atoms with E-state index in [9.17, 15) is 44.0 Å². The Morgan fingerprint density at radius 2 is 1.22 bits per heavy atom. The standard InChI is InChI=1S/C28H32F2N4O5S.C24H25F2N3O4S/c1-40(36,37)23-12-17(18-9-11-38-15-18)7-8-20(23)32-21-13-19(14-22(35)16-5-6-16)31-27-25(21)33-28(26(29)30)34(27)24-4-2-3-10-39-24;1-34(31,32)22-8-14(15-6-7-33-12-15)4-5-17(22)28-18-9-16(10-21(30)13-2-3-13)27-19-11-20(24(25)26)29-23(18)19/h7-8,12-13,16,18,24,26H,2-6,9-11,14-15H2,1H3,(H,31,32);4-5,8-9,13,15,24H,2-3,6-7,10-12H2,1H3,(H,27,28). The summed E-state index contributed by atoms with van der Waals surface area (Å²) in [6.07, 6.45) is 3.27. The van der Waals surface area contributed by atoms with E-state index in [1.165, 1.54) is 4.57 Å². The fourth-order valence-electron chi connectivity index (χ4n) is 9.99. The molecule has 3 aromatic heterocycles. The molecule has 74 heavy (non-hydrogen) atoms. The van der Waals surface area contributed by atoms with Crippen LogP contribution in [0.2, 0.25) is 0 Å². The highest BCUT2D eigenvalue weighted by Crippen LogP contribution is 2.42. The van der Waals surface area contributed by atoms with E-state index in [0.717, 1.165) is 75.0 Å². The number of nitrogens with one attached hydrogen (secondary N) is 2. The van der Waals surface area contributed by atoms with Crippen LogP contribution in [0.15, 0.2) is 63.3 Å². The lowest BCUT2D eigenvalue weighted by Gasteiger charge is -2.25. The summed E-state index contributed by atoms with van der Waals surface area (Å²) in [6, 6.07) is 13.6. The molecule has 5 aromatic rings. The lowest BCUT2D eigenvalue weighted by Crippen LogP contribution is -2.21. The van der Waals surface area contributed by atoms with Gasteiger partial charge in [-0.15, -0.1) is 0 Å². The van der Waals surface area contributed by atoms with Crippen LogP contribution in [0.25, 0.3) is 11.2 Å². The first-order chi connectivity index (χ1) is 35.4. The average Bonchev–Trinajstić information content (AvgIpc) is 4.13. The number of pyridine rings is 2. The molecule has 2 N–H and O–H groups in total. The molecule has 11 rings (SSSR count). The summed E-state index contributed by atoms with van der Waals surface area (Å²) >= 11 is 0. The van der Waals surface area contributed by atoms with E-state index < -0.39 is 44.6 Å². The normalized spacial score (nSPS) is 20.9. The van der Waals surface area contributed by atoms with E-state index in [2.05, 4.69) is 30.6 Å². The van der Waals surface area contributed by atoms with Crippen molar-refractivity contribution in [1.29, 1.82) is 0 Å². The van der Waals surface area contributed by atoms with Crippen LogP contribution >= 0.6 is 0 Å². The molecule has 16 nitrogen and oxygen atoms in total. The molecule has 6 aliphatic rings. The van der Waals surface area contributed by atoms with Gasteiger partial charge in [-0.25, -0.2) is 49.4 Å². The number of Topliss-reactive ketones (excluding diaryl/α,β-unsaturated/α-hetero) is 2. The zero-order valence-electron chi connectivity index (χ0n) is 40.9. The third-order valence-electron chi connectivity index (χ3n) is 14.3. The van der Waals surface area contributed by atoms with E-state index >= 15 is 0 Å².